The summed E-state index contributed by atoms with van der Waals surface area (Å²) in [6.45, 7) is 1.83. The number of fused-ring (bicyclic) bond motifs is 1. The van der Waals surface area contributed by atoms with Crippen molar-refractivity contribution in [3.05, 3.63) is 129 Å². The van der Waals surface area contributed by atoms with Crippen molar-refractivity contribution in [1.29, 1.82) is 0 Å². The molecule has 1 N–H and O–H groups in total. The molecule has 0 spiro atoms. The Bertz CT molecular complexity index is 1680. The van der Waals surface area contributed by atoms with Crippen molar-refractivity contribution in [3.63, 3.8) is 0 Å². The highest BCUT2D eigenvalue weighted by atomic mass is 19.2. The third-order valence-corrected chi connectivity index (χ3v) is 6.07. The second-order valence-electron chi connectivity index (χ2n) is 8.41. The average molecular weight is 505 g/mol. The molecule has 0 aliphatic rings. The van der Waals surface area contributed by atoms with Gasteiger partial charge >= 0.3 is 0 Å². The summed E-state index contributed by atoms with van der Waals surface area (Å²) in [6.07, 6.45) is 0. The van der Waals surface area contributed by atoms with E-state index >= 15 is 0 Å². The van der Waals surface area contributed by atoms with E-state index in [0.717, 1.165) is 5.56 Å². The van der Waals surface area contributed by atoms with E-state index < -0.39 is 51.5 Å². The molecule has 0 aliphatic heterocycles. The van der Waals surface area contributed by atoms with Crippen LogP contribution in [0.25, 0.3) is 16.6 Å². The molecule has 0 bridgehead atoms. The van der Waals surface area contributed by atoms with E-state index in [-0.39, 0.29) is 17.6 Å². The van der Waals surface area contributed by atoms with Crippen LogP contribution in [0.2, 0.25) is 0 Å². The minimum Gasteiger partial charge on any atom is -0.317 e. The number of carbonyl (C=O) groups excluding carboxylic acids is 1. The molecule has 0 fully saturated rings. The van der Waals surface area contributed by atoms with Crippen LogP contribution in [0.1, 0.15) is 21.6 Å². The lowest BCUT2D eigenvalue weighted by Crippen LogP contribution is -2.27. The molecule has 9 heteroatoms. The van der Waals surface area contributed by atoms with Gasteiger partial charge in [-0.2, -0.15) is 0 Å². The van der Waals surface area contributed by atoms with Gasteiger partial charge in [0.15, 0.2) is 23.3 Å². The molecule has 0 saturated heterocycles. The van der Waals surface area contributed by atoms with Crippen LogP contribution in [0.15, 0.2) is 83.7 Å². The molecular formula is C28H19F4N3O2. The molecule has 5 rings (SSSR count). The number of carbonyl (C=O) groups is 1. The van der Waals surface area contributed by atoms with Gasteiger partial charge in [-0.15, -0.1) is 0 Å². The van der Waals surface area contributed by atoms with E-state index in [1.165, 1.54) is 39.5 Å². The van der Waals surface area contributed by atoms with Crippen LogP contribution < -0.4 is 10.9 Å². The maximum Gasteiger partial charge on any atom is 0.280 e. The molecule has 1 amide bonds. The minimum atomic E-state index is -1.78. The van der Waals surface area contributed by atoms with Gasteiger partial charge in [-0.1, -0.05) is 66.7 Å². The predicted octanol–water partition coefficient (Wildman–Crippen LogP) is 5.93. The van der Waals surface area contributed by atoms with E-state index in [9.17, 15) is 27.2 Å². The Morgan fingerprint density at radius 1 is 0.784 bits per heavy atom. The molecule has 0 aliphatic carbocycles. The van der Waals surface area contributed by atoms with E-state index in [1.54, 1.807) is 49.4 Å². The zero-order valence-corrected chi connectivity index (χ0v) is 19.4. The summed E-state index contributed by atoms with van der Waals surface area (Å²) in [5, 5.41) is 1.89. The lowest BCUT2D eigenvalue weighted by molar-refractivity contribution is 0.102. The quantitative estimate of drug-likeness (QED) is 0.238. The van der Waals surface area contributed by atoms with Crippen molar-refractivity contribution in [2.24, 2.45) is 0 Å². The average Bonchev–Trinajstić information content (AvgIpc) is 3.19. The zero-order valence-electron chi connectivity index (χ0n) is 19.4. The number of aromatic nitrogens is 2. The Labute approximate surface area is 208 Å². The summed E-state index contributed by atoms with van der Waals surface area (Å²) in [5.74, 6) is -8.10. The van der Waals surface area contributed by atoms with Gasteiger partial charge in [0.2, 0.25) is 0 Å². The first-order chi connectivity index (χ1) is 17.8. The van der Waals surface area contributed by atoms with Crippen molar-refractivity contribution >= 4 is 17.1 Å². The summed E-state index contributed by atoms with van der Waals surface area (Å²) in [5.41, 5.74) is -1.90. The van der Waals surface area contributed by atoms with Crippen LogP contribution in [0.4, 0.5) is 23.2 Å². The standard InChI is InChI=1S/C28H19F4N3O2/c1-16-9-8-14-19-21(28(37)34(35(16)19)15-17-10-4-2-5-11-17)27(36)33-26-24(31)22(29)20(23(30)25(26)32)18-12-6-3-7-13-18/h2-14H,15H2,1H3,(H,33,36). The number of aryl methyl sites for hydroxylation is 1. The topological polar surface area (TPSA) is 55.5 Å². The minimum absolute atomic E-state index is 0.0779. The summed E-state index contributed by atoms with van der Waals surface area (Å²) in [7, 11) is 0. The highest BCUT2D eigenvalue weighted by molar-refractivity contribution is 6.09. The molecule has 0 atom stereocenters. The van der Waals surface area contributed by atoms with Crippen LogP contribution in [0, 0.1) is 30.2 Å². The lowest BCUT2D eigenvalue weighted by Gasteiger charge is -2.13. The van der Waals surface area contributed by atoms with E-state index in [0.29, 0.717) is 5.69 Å². The molecule has 186 valence electrons. The summed E-state index contributed by atoms with van der Waals surface area (Å²) >= 11 is 0. The summed E-state index contributed by atoms with van der Waals surface area (Å²) < 4.78 is 62.5. The van der Waals surface area contributed by atoms with Crippen LogP contribution in [-0.2, 0) is 6.54 Å². The number of anilines is 1. The first-order valence-electron chi connectivity index (χ1n) is 11.3. The largest absolute Gasteiger partial charge is 0.317 e. The number of nitrogens with one attached hydrogen (secondary N) is 1. The van der Waals surface area contributed by atoms with Crippen LogP contribution in [-0.4, -0.2) is 15.1 Å². The smallest absolute Gasteiger partial charge is 0.280 e. The third-order valence-electron chi connectivity index (χ3n) is 6.07. The fourth-order valence-corrected chi connectivity index (χ4v) is 4.34. The molecule has 2 aromatic heterocycles. The molecule has 3 aromatic carbocycles. The van der Waals surface area contributed by atoms with Gasteiger partial charge in [0.05, 0.1) is 17.6 Å². The number of pyridine rings is 1. The van der Waals surface area contributed by atoms with E-state index in [4.69, 9.17) is 0 Å². The Morgan fingerprint density at radius 2 is 1.38 bits per heavy atom. The van der Waals surface area contributed by atoms with Gasteiger partial charge in [0.1, 0.15) is 11.3 Å². The number of rotatable bonds is 5. The second kappa shape index (κ2) is 9.42. The molecular weight excluding hydrogens is 486 g/mol. The second-order valence-corrected chi connectivity index (χ2v) is 8.41. The van der Waals surface area contributed by atoms with Crippen LogP contribution >= 0.6 is 0 Å². The maximum atomic E-state index is 15.0. The monoisotopic (exact) mass is 505 g/mol. The van der Waals surface area contributed by atoms with Crippen molar-refractivity contribution in [3.8, 4) is 11.1 Å². The highest BCUT2D eigenvalue weighted by Crippen LogP contribution is 2.34. The Hall–Kier alpha value is -4.66. The van der Waals surface area contributed by atoms with Gasteiger partial charge in [-0.3, -0.25) is 14.1 Å². The molecule has 5 aromatic rings. The summed E-state index contributed by atoms with van der Waals surface area (Å²) in [6, 6.07) is 20.9. The number of nitrogens with zero attached hydrogens (tertiary/aromatic N) is 2. The normalized spacial score (nSPS) is 11.2. The van der Waals surface area contributed by atoms with E-state index in [1.807, 2.05) is 11.4 Å². The fraction of sp³-hybridized carbons (Fsp3) is 0.0714. The van der Waals surface area contributed by atoms with Crippen molar-refractivity contribution in [1.82, 2.24) is 9.20 Å². The number of hydrogen-bond donors (Lipinski definition) is 1. The lowest BCUT2D eigenvalue weighted by atomic mass is 10.0. The fourth-order valence-electron chi connectivity index (χ4n) is 4.34. The number of benzene rings is 3. The summed E-state index contributed by atoms with van der Waals surface area (Å²) in [4.78, 5) is 26.6. The van der Waals surface area contributed by atoms with E-state index in [2.05, 4.69) is 0 Å². The first kappa shape index (κ1) is 24.1. The van der Waals surface area contributed by atoms with Gasteiger partial charge in [0.25, 0.3) is 11.5 Å². The third kappa shape index (κ3) is 4.08. The molecule has 2 heterocycles. The molecule has 5 nitrogen and oxygen atoms in total. The van der Waals surface area contributed by atoms with Gasteiger partial charge in [-0.25, -0.2) is 22.2 Å². The molecule has 0 saturated carbocycles. The SMILES string of the molecule is Cc1cccc2c(C(=O)Nc3c(F)c(F)c(-c4ccccc4)c(F)c3F)c(=O)n(Cc3ccccc3)n12. The van der Waals surface area contributed by atoms with Gasteiger partial charge < -0.3 is 5.32 Å². The predicted molar refractivity (Wildman–Crippen MR) is 132 cm³/mol. The number of halogens is 4. The van der Waals surface area contributed by atoms with Gasteiger partial charge in [-0.05, 0) is 30.2 Å². The van der Waals surface area contributed by atoms with Crippen molar-refractivity contribution in [2.75, 3.05) is 5.32 Å². The molecule has 37 heavy (non-hydrogen) atoms. The van der Waals surface area contributed by atoms with Crippen molar-refractivity contribution in [2.45, 2.75) is 13.5 Å². The van der Waals surface area contributed by atoms with Crippen molar-refractivity contribution < 1.29 is 22.4 Å². The Morgan fingerprint density at radius 3 is 2.00 bits per heavy atom. The first-order valence-corrected chi connectivity index (χ1v) is 11.3. The van der Waals surface area contributed by atoms with Crippen LogP contribution in [0.3, 0.4) is 0 Å². The Kier molecular flexibility index (Phi) is 6.12. The maximum absolute atomic E-state index is 15.0. The zero-order chi connectivity index (χ0) is 26.3. The van der Waals surface area contributed by atoms with Crippen LogP contribution in [0.5, 0.6) is 0 Å². The molecule has 0 radical (unpaired) electrons. The number of hydrogen-bond acceptors (Lipinski definition) is 2. The highest BCUT2D eigenvalue weighted by Gasteiger charge is 2.29. The Balaban J connectivity index is 1.61. The number of amides is 1. The molecule has 0 unspecified atom stereocenters. The van der Waals surface area contributed by atoms with Gasteiger partial charge in [0, 0.05) is 5.69 Å².